The van der Waals surface area contributed by atoms with Crippen molar-refractivity contribution < 1.29 is 23.4 Å². The standard InChI is InChI=1S/C11H12F2O3/c1-6-7(2)9(16-3)5-4-8(6)11(12,13)10(14)15/h4-5H,1-3H3,(H,14,15). The van der Waals surface area contributed by atoms with Crippen LogP contribution in [0, 0.1) is 13.8 Å². The third kappa shape index (κ3) is 1.85. The second-order valence-corrected chi connectivity index (χ2v) is 3.44. The fraction of sp³-hybridized carbons (Fsp3) is 0.364. The molecule has 1 N–H and O–H groups in total. The van der Waals surface area contributed by atoms with E-state index in [4.69, 9.17) is 9.84 Å². The zero-order chi connectivity index (χ0) is 12.5. The molecule has 0 atom stereocenters. The minimum Gasteiger partial charge on any atom is -0.496 e. The largest absolute Gasteiger partial charge is 0.496 e. The first-order valence-corrected chi connectivity index (χ1v) is 4.58. The number of rotatable bonds is 3. The summed E-state index contributed by atoms with van der Waals surface area (Å²) in [5.41, 5.74) is 0.242. The Bertz CT molecular complexity index is 427. The van der Waals surface area contributed by atoms with Gasteiger partial charge in [-0.2, -0.15) is 8.78 Å². The summed E-state index contributed by atoms with van der Waals surface area (Å²) in [6.45, 7) is 3.06. The summed E-state index contributed by atoms with van der Waals surface area (Å²) in [5.74, 6) is -5.57. The van der Waals surface area contributed by atoms with Crippen LogP contribution in [0.4, 0.5) is 8.78 Å². The summed E-state index contributed by atoms with van der Waals surface area (Å²) in [6, 6.07) is 2.42. The van der Waals surface area contributed by atoms with E-state index in [1.54, 1.807) is 6.92 Å². The van der Waals surface area contributed by atoms with Gasteiger partial charge in [-0.1, -0.05) is 0 Å². The summed E-state index contributed by atoms with van der Waals surface area (Å²) >= 11 is 0. The molecule has 0 saturated heterocycles. The topological polar surface area (TPSA) is 46.5 Å². The minimum absolute atomic E-state index is 0.228. The summed E-state index contributed by atoms with van der Waals surface area (Å²) < 4.78 is 31.6. The maximum atomic E-state index is 13.3. The molecular weight excluding hydrogens is 218 g/mol. The Hall–Kier alpha value is -1.65. The molecule has 1 rings (SSSR count). The highest BCUT2D eigenvalue weighted by Crippen LogP contribution is 2.34. The average molecular weight is 230 g/mol. The number of carbonyl (C=O) groups is 1. The van der Waals surface area contributed by atoms with Gasteiger partial charge in [-0.15, -0.1) is 0 Å². The maximum absolute atomic E-state index is 13.3. The Kier molecular flexibility index (Phi) is 3.16. The zero-order valence-electron chi connectivity index (χ0n) is 9.17. The highest BCUT2D eigenvalue weighted by atomic mass is 19.3. The summed E-state index contributed by atoms with van der Waals surface area (Å²) in [4.78, 5) is 10.5. The number of ether oxygens (including phenoxy) is 1. The lowest BCUT2D eigenvalue weighted by Gasteiger charge is -2.17. The minimum atomic E-state index is -3.87. The van der Waals surface area contributed by atoms with Gasteiger partial charge in [-0.3, -0.25) is 0 Å². The first kappa shape index (κ1) is 12.4. The molecule has 16 heavy (non-hydrogen) atoms. The third-order valence-electron chi connectivity index (χ3n) is 2.56. The van der Waals surface area contributed by atoms with Crippen molar-refractivity contribution in [3.8, 4) is 5.75 Å². The van der Waals surface area contributed by atoms with E-state index in [1.165, 1.54) is 20.1 Å². The number of benzene rings is 1. The lowest BCUT2D eigenvalue weighted by molar-refractivity contribution is -0.166. The third-order valence-corrected chi connectivity index (χ3v) is 2.56. The number of hydrogen-bond acceptors (Lipinski definition) is 2. The number of alkyl halides is 2. The van der Waals surface area contributed by atoms with Crippen LogP contribution in [-0.2, 0) is 10.7 Å². The van der Waals surface area contributed by atoms with Gasteiger partial charge in [0.15, 0.2) is 0 Å². The van der Waals surface area contributed by atoms with Crippen LogP contribution in [0.25, 0.3) is 0 Å². The molecular formula is C11H12F2O3. The molecule has 88 valence electrons. The Balaban J connectivity index is 3.38. The van der Waals surface area contributed by atoms with Gasteiger partial charge in [-0.05, 0) is 37.1 Å². The Labute approximate surface area is 91.7 Å². The van der Waals surface area contributed by atoms with Gasteiger partial charge in [0, 0.05) is 5.56 Å². The molecule has 0 fully saturated rings. The number of methoxy groups -OCH3 is 1. The Morgan fingerprint density at radius 1 is 1.31 bits per heavy atom. The number of hydrogen-bond donors (Lipinski definition) is 1. The molecule has 0 unspecified atom stereocenters. The van der Waals surface area contributed by atoms with Crippen molar-refractivity contribution >= 4 is 5.97 Å². The van der Waals surface area contributed by atoms with E-state index >= 15 is 0 Å². The fourth-order valence-corrected chi connectivity index (χ4v) is 1.47. The molecule has 0 bridgehead atoms. The van der Waals surface area contributed by atoms with Crippen molar-refractivity contribution in [2.45, 2.75) is 19.8 Å². The average Bonchev–Trinajstić information content (AvgIpc) is 2.21. The lowest BCUT2D eigenvalue weighted by Crippen LogP contribution is -2.26. The van der Waals surface area contributed by atoms with Gasteiger partial charge in [0.2, 0.25) is 0 Å². The molecule has 0 spiro atoms. The van der Waals surface area contributed by atoms with E-state index in [-0.39, 0.29) is 5.56 Å². The molecule has 0 aliphatic carbocycles. The van der Waals surface area contributed by atoms with Crippen LogP contribution in [0.1, 0.15) is 16.7 Å². The molecule has 0 aromatic heterocycles. The molecule has 5 heteroatoms. The van der Waals surface area contributed by atoms with E-state index in [0.717, 1.165) is 6.07 Å². The number of carboxylic acid groups (broad SMARTS) is 1. The number of aliphatic carboxylic acids is 1. The summed E-state index contributed by atoms with van der Waals surface area (Å²) in [6.07, 6.45) is 0. The molecule has 0 aliphatic heterocycles. The first-order valence-electron chi connectivity index (χ1n) is 4.58. The van der Waals surface area contributed by atoms with Crippen LogP contribution in [0.5, 0.6) is 5.75 Å². The predicted octanol–water partition coefficient (Wildman–Crippen LogP) is 2.49. The number of carboxylic acids is 1. The molecule has 0 amide bonds. The van der Waals surface area contributed by atoms with Gasteiger partial charge in [-0.25, -0.2) is 4.79 Å². The Morgan fingerprint density at radius 2 is 1.88 bits per heavy atom. The highest BCUT2D eigenvalue weighted by Gasteiger charge is 2.42. The SMILES string of the molecule is COc1ccc(C(F)(F)C(=O)O)c(C)c1C. The Morgan fingerprint density at radius 3 is 2.31 bits per heavy atom. The van der Waals surface area contributed by atoms with E-state index in [1.807, 2.05) is 0 Å². The van der Waals surface area contributed by atoms with Crippen LogP contribution < -0.4 is 4.74 Å². The second kappa shape index (κ2) is 4.08. The smallest absolute Gasteiger partial charge is 0.379 e. The van der Waals surface area contributed by atoms with Crippen LogP contribution in [0.3, 0.4) is 0 Å². The van der Waals surface area contributed by atoms with Crippen LogP contribution in [-0.4, -0.2) is 18.2 Å². The lowest BCUT2D eigenvalue weighted by atomic mass is 9.97. The molecule has 3 nitrogen and oxygen atoms in total. The van der Waals surface area contributed by atoms with Crippen LogP contribution in [0.2, 0.25) is 0 Å². The van der Waals surface area contributed by atoms with Crippen molar-refractivity contribution in [3.05, 3.63) is 28.8 Å². The molecule has 1 aromatic carbocycles. The summed E-state index contributed by atoms with van der Waals surface area (Å²) in [5, 5.41) is 8.46. The van der Waals surface area contributed by atoms with Crippen molar-refractivity contribution in [1.82, 2.24) is 0 Å². The van der Waals surface area contributed by atoms with Gasteiger partial charge in [0.05, 0.1) is 7.11 Å². The fourth-order valence-electron chi connectivity index (χ4n) is 1.47. The van der Waals surface area contributed by atoms with Gasteiger partial charge < -0.3 is 9.84 Å². The monoisotopic (exact) mass is 230 g/mol. The van der Waals surface area contributed by atoms with Crippen LogP contribution >= 0.6 is 0 Å². The van der Waals surface area contributed by atoms with Crippen molar-refractivity contribution in [1.29, 1.82) is 0 Å². The molecule has 0 radical (unpaired) electrons. The van der Waals surface area contributed by atoms with E-state index in [9.17, 15) is 13.6 Å². The van der Waals surface area contributed by atoms with Gasteiger partial charge in [0.1, 0.15) is 5.75 Å². The highest BCUT2D eigenvalue weighted by molar-refractivity contribution is 5.78. The molecule has 0 heterocycles. The van der Waals surface area contributed by atoms with Gasteiger partial charge in [0.25, 0.3) is 0 Å². The van der Waals surface area contributed by atoms with Gasteiger partial charge >= 0.3 is 11.9 Å². The molecule has 0 aliphatic rings. The summed E-state index contributed by atoms with van der Waals surface area (Å²) in [7, 11) is 1.43. The van der Waals surface area contributed by atoms with Crippen molar-refractivity contribution in [3.63, 3.8) is 0 Å². The quantitative estimate of drug-likeness (QED) is 0.867. The van der Waals surface area contributed by atoms with E-state index < -0.39 is 17.5 Å². The zero-order valence-corrected chi connectivity index (χ0v) is 9.17. The van der Waals surface area contributed by atoms with Crippen LogP contribution in [0.15, 0.2) is 12.1 Å². The van der Waals surface area contributed by atoms with Crippen molar-refractivity contribution in [2.75, 3.05) is 7.11 Å². The first-order chi connectivity index (χ1) is 7.32. The predicted molar refractivity (Wildman–Crippen MR) is 54.0 cm³/mol. The second-order valence-electron chi connectivity index (χ2n) is 3.44. The molecule has 0 saturated carbocycles. The maximum Gasteiger partial charge on any atom is 0.379 e. The number of halogens is 2. The van der Waals surface area contributed by atoms with E-state index in [2.05, 4.69) is 0 Å². The molecule has 1 aromatic rings. The van der Waals surface area contributed by atoms with E-state index in [0.29, 0.717) is 11.3 Å². The normalized spacial score (nSPS) is 11.3. The van der Waals surface area contributed by atoms with Crippen molar-refractivity contribution in [2.24, 2.45) is 0 Å².